The van der Waals surface area contributed by atoms with Crippen molar-refractivity contribution in [2.75, 3.05) is 26.2 Å². The predicted octanol–water partition coefficient (Wildman–Crippen LogP) is 2.44. The molecule has 2 aromatic rings. The summed E-state index contributed by atoms with van der Waals surface area (Å²) in [5, 5.41) is 13.2. The largest absolute Gasteiger partial charge is 0.454 e. The lowest BCUT2D eigenvalue weighted by Gasteiger charge is -2.40. The molecule has 1 aliphatic carbocycles. The van der Waals surface area contributed by atoms with Crippen molar-refractivity contribution >= 4 is 36.1 Å². The number of aromatic nitrogens is 2. The average Bonchev–Trinajstić information content (AvgIpc) is 3.57. The number of nitrogens with zero attached hydrogens (tertiary/aromatic N) is 4. The zero-order chi connectivity index (χ0) is 23.5. The lowest BCUT2D eigenvalue weighted by molar-refractivity contribution is -0.142. The quantitative estimate of drug-likeness (QED) is 0.676. The van der Waals surface area contributed by atoms with Crippen LogP contribution in [-0.4, -0.2) is 75.7 Å². The van der Waals surface area contributed by atoms with Crippen molar-refractivity contribution in [2.45, 2.75) is 43.7 Å². The van der Waals surface area contributed by atoms with Crippen molar-refractivity contribution in [3.05, 3.63) is 34.1 Å². The van der Waals surface area contributed by atoms with Gasteiger partial charge >= 0.3 is 13.3 Å². The highest BCUT2D eigenvalue weighted by Gasteiger charge is 2.39. The highest BCUT2D eigenvalue weighted by Crippen LogP contribution is 2.43. The van der Waals surface area contributed by atoms with E-state index in [-0.39, 0.29) is 60.3 Å². The summed E-state index contributed by atoms with van der Waals surface area (Å²) in [4.78, 5) is 28.7. The third kappa shape index (κ3) is 4.19. The average molecular weight is 485 g/mol. The minimum absolute atomic E-state index is 0.0274. The molecule has 0 aromatic carbocycles. The maximum absolute atomic E-state index is 13.7. The SMILES string of the molecule is O=C(c1nn2c(C(F)(F)F)cc(C3CC3)cc2c1Cl)N1CCN([C@@H]2CCB(O)OC2)C(=O)C1. The number of pyridine rings is 1. The molecule has 33 heavy (non-hydrogen) atoms. The van der Waals surface area contributed by atoms with Gasteiger partial charge in [0.25, 0.3) is 5.91 Å². The van der Waals surface area contributed by atoms with Gasteiger partial charge < -0.3 is 19.5 Å². The van der Waals surface area contributed by atoms with Gasteiger partial charge in [-0.25, -0.2) is 4.52 Å². The van der Waals surface area contributed by atoms with E-state index in [1.807, 2.05) is 0 Å². The molecule has 4 heterocycles. The third-order valence-corrected chi connectivity index (χ3v) is 6.82. The minimum atomic E-state index is -4.67. The van der Waals surface area contributed by atoms with Crippen LogP contribution in [0.5, 0.6) is 0 Å². The molecule has 13 heteroatoms. The molecule has 2 amide bonds. The second-order valence-corrected chi connectivity index (χ2v) is 9.12. The van der Waals surface area contributed by atoms with Gasteiger partial charge in [-0.1, -0.05) is 11.6 Å². The fourth-order valence-corrected chi connectivity index (χ4v) is 4.75. The molecule has 0 bridgehead atoms. The Balaban J connectivity index is 1.40. The van der Waals surface area contributed by atoms with Gasteiger partial charge in [0.1, 0.15) is 12.2 Å². The van der Waals surface area contributed by atoms with E-state index in [9.17, 15) is 27.8 Å². The molecular formula is C20H21BClF3N4O4. The molecule has 5 rings (SSSR count). The highest BCUT2D eigenvalue weighted by atomic mass is 35.5. The van der Waals surface area contributed by atoms with E-state index in [0.717, 1.165) is 18.9 Å². The Bertz CT molecular complexity index is 1110. The number of hydrogen-bond donors (Lipinski definition) is 1. The van der Waals surface area contributed by atoms with E-state index < -0.39 is 24.9 Å². The van der Waals surface area contributed by atoms with Gasteiger partial charge in [0.2, 0.25) is 5.91 Å². The maximum atomic E-state index is 13.7. The first-order valence-corrected chi connectivity index (χ1v) is 11.2. The fourth-order valence-electron chi connectivity index (χ4n) is 4.49. The normalized spacial score (nSPS) is 22.4. The van der Waals surface area contributed by atoms with Gasteiger partial charge in [0, 0.05) is 13.1 Å². The first-order valence-electron chi connectivity index (χ1n) is 10.8. The number of fused-ring (bicyclic) bond motifs is 1. The van der Waals surface area contributed by atoms with Crippen LogP contribution in [0.3, 0.4) is 0 Å². The van der Waals surface area contributed by atoms with Gasteiger partial charge in [-0.15, -0.1) is 0 Å². The molecule has 1 N–H and O–H groups in total. The lowest BCUT2D eigenvalue weighted by atomic mass is 9.79. The number of hydrogen-bond acceptors (Lipinski definition) is 5. The van der Waals surface area contributed by atoms with E-state index in [0.29, 0.717) is 22.8 Å². The number of rotatable bonds is 3. The summed E-state index contributed by atoms with van der Waals surface area (Å²) >= 11 is 6.36. The number of halogens is 4. The Kier molecular flexibility index (Phi) is 5.57. The van der Waals surface area contributed by atoms with Gasteiger partial charge in [-0.2, -0.15) is 18.3 Å². The first-order chi connectivity index (χ1) is 15.6. The summed E-state index contributed by atoms with van der Waals surface area (Å²) < 4.78 is 47.0. The summed E-state index contributed by atoms with van der Waals surface area (Å²) in [5.41, 5.74) is -0.734. The van der Waals surface area contributed by atoms with Crippen LogP contribution in [-0.2, 0) is 15.6 Å². The summed E-state index contributed by atoms with van der Waals surface area (Å²) in [6.07, 6.45) is -2.05. The summed E-state index contributed by atoms with van der Waals surface area (Å²) in [6, 6.07) is 2.43. The minimum Gasteiger partial charge on any atom is -0.427 e. The van der Waals surface area contributed by atoms with Gasteiger partial charge in [0.05, 0.1) is 23.2 Å². The summed E-state index contributed by atoms with van der Waals surface area (Å²) in [5.74, 6) is -0.934. The van der Waals surface area contributed by atoms with E-state index in [1.165, 1.54) is 4.90 Å². The fraction of sp³-hybridized carbons (Fsp3) is 0.550. The number of alkyl halides is 3. The number of piperazine rings is 1. The van der Waals surface area contributed by atoms with Crippen LogP contribution >= 0.6 is 11.6 Å². The number of carbonyl (C=O) groups is 2. The molecule has 0 radical (unpaired) electrons. The summed E-state index contributed by atoms with van der Waals surface area (Å²) in [6.45, 7) is 0.413. The van der Waals surface area contributed by atoms with Crippen LogP contribution in [0.25, 0.3) is 5.52 Å². The molecule has 0 unspecified atom stereocenters. The van der Waals surface area contributed by atoms with Crippen molar-refractivity contribution in [2.24, 2.45) is 0 Å². The Morgan fingerprint density at radius 2 is 2.00 bits per heavy atom. The van der Waals surface area contributed by atoms with Gasteiger partial charge in [-0.05, 0) is 49.2 Å². The molecule has 2 saturated heterocycles. The van der Waals surface area contributed by atoms with Crippen LogP contribution in [0.2, 0.25) is 11.3 Å². The second-order valence-electron chi connectivity index (χ2n) is 8.74. The Labute approximate surface area is 192 Å². The standard InChI is InChI=1S/C20H21BClF3N4O4/c22-17-14-7-12(11-1-2-11)8-15(20(23,24)25)29(14)26-18(17)19(31)27-5-6-28(16(30)9-27)13-3-4-21(32)33-10-13/h7-8,11,13,32H,1-6,9-10H2/t13-/m1/s1. The highest BCUT2D eigenvalue weighted by molar-refractivity contribution is 6.42. The zero-order valence-corrected chi connectivity index (χ0v) is 18.3. The number of amides is 2. The van der Waals surface area contributed by atoms with E-state index >= 15 is 0 Å². The Morgan fingerprint density at radius 1 is 1.24 bits per heavy atom. The van der Waals surface area contributed by atoms with Crippen molar-refractivity contribution in [1.29, 1.82) is 0 Å². The molecule has 8 nitrogen and oxygen atoms in total. The predicted molar refractivity (Wildman–Crippen MR) is 112 cm³/mol. The van der Waals surface area contributed by atoms with Gasteiger partial charge in [-0.3, -0.25) is 9.59 Å². The maximum Gasteiger partial charge on any atom is 0.454 e. The third-order valence-electron chi connectivity index (χ3n) is 6.45. The van der Waals surface area contributed by atoms with E-state index in [2.05, 4.69) is 5.10 Å². The van der Waals surface area contributed by atoms with Crippen LogP contribution < -0.4 is 0 Å². The topological polar surface area (TPSA) is 87.4 Å². The van der Waals surface area contributed by atoms with Crippen LogP contribution in [0, 0.1) is 0 Å². The van der Waals surface area contributed by atoms with Gasteiger partial charge in [0.15, 0.2) is 5.69 Å². The Hall–Kier alpha value is -2.31. The molecule has 1 saturated carbocycles. The van der Waals surface area contributed by atoms with E-state index in [1.54, 1.807) is 11.0 Å². The van der Waals surface area contributed by atoms with Crippen LogP contribution in [0.15, 0.2) is 12.1 Å². The van der Waals surface area contributed by atoms with Crippen molar-refractivity contribution in [1.82, 2.24) is 19.4 Å². The van der Waals surface area contributed by atoms with Crippen molar-refractivity contribution in [3.8, 4) is 0 Å². The lowest BCUT2D eigenvalue weighted by Crippen LogP contribution is -2.57. The van der Waals surface area contributed by atoms with Crippen molar-refractivity contribution in [3.63, 3.8) is 0 Å². The zero-order valence-electron chi connectivity index (χ0n) is 17.5. The molecule has 176 valence electrons. The molecule has 0 spiro atoms. The van der Waals surface area contributed by atoms with Crippen LogP contribution in [0.1, 0.15) is 46.9 Å². The first kappa shape index (κ1) is 22.5. The Morgan fingerprint density at radius 3 is 2.61 bits per heavy atom. The molecule has 1 atom stereocenters. The van der Waals surface area contributed by atoms with E-state index in [4.69, 9.17) is 16.3 Å². The van der Waals surface area contributed by atoms with Crippen molar-refractivity contribution < 1.29 is 32.4 Å². The monoisotopic (exact) mass is 484 g/mol. The molecular weight excluding hydrogens is 464 g/mol. The number of carbonyl (C=O) groups excluding carboxylic acids is 2. The van der Waals surface area contributed by atoms with Crippen LogP contribution in [0.4, 0.5) is 13.2 Å². The second kappa shape index (κ2) is 8.17. The molecule has 3 fully saturated rings. The smallest absolute Gasteiger partial charge is 0.427 e. The molecule has 3 aliphatic rings. The summed E-state index contributed by atoms with van der Waals surface area (Å²) in [7, 11) is -0.835. The molecule has 2 aliphatic heterocycles. The molecule has 2 aromatic heterocycles.